The molecule has 1 fully saturated rings. The van der Waals surface area contributed by atoms with Crippen molar-refractivity contribution in [2.75, 3.05) is 56.5 Å². The van der Waals surface area contributed by atoms with Gasteiger partial charge in [0.05, 0.1) is 11.4 Å². The Bertz CT molecular complexity index is 1410. The van der Waals surface area contributed by atoms with Crippen LogP contribution in [0.2, 0.25) is 15.1 Å². The Hall–Kier alpha value is -3.30. The average molecular weight is 617 g/mol. The van der Waals surface area contributed by atoms with Gasteiger partial charge in [-0.15, -0.1) is 0 Å². The van der Waals surface area contributed by atoms with Gasteiger partial charge in [-0.05, 0) is 67.6 Å². The second-order valence-electron chi connectivity index (χ2n) is 9.66. The van der Waals surface area contributed by atoms with Gasteiger partial charge in [-0.25, -0.2) is 0 Å². The highest BCUT2D eigenvalue weighted by molar-refractivity contribution is 6.35. The number of hydrogen-bond donors (Lipinski definition) is 3. The Morgan fingerprint density at radius 2 is 1.54 bits per heavy atom. The largest absolute Gasteiger partial charge is 0.366 e. The van der Waals surface area contributed by atoms with Gasteiger partial charge in [-0.1, -0.05) is 46.9 Å². The molecule has 0 spiro atoms. The highest BCUT2D eigenvalue weighted by Crippen LogP contribution is 2.29. The van der Waals surface area contributed by atoms with Gasteiger partial charge in [0.2, 0.25) is 5.91 Å². The molecule has 0 aliphatic carbocycles. The van der Waals surface area contributed by atoms with E-state index in [0.717, 1.165) is 11.3 Å². The predicted octanol–water partition coefficient (Wildman–Crippen LogP) is 5.13. The standard InChI is InChI=1S/C30H32Cl3N5O3/c1-34-11-10-28(39)38-15-13-37(14-16-38)27-8-6-22(18-26(27)36-30(41)21-3-2-4-23(31)17-21)29(40)35-12-9-20-5-7-24(32)19-25(20)33/h2-8,17-19,34H,9-16H2,1H3,(H,35,40)(H,36,41). The van der Waals surface area contributed by atoms with Gasteiger partial charge in [0.25, 0.3) is 11.8 Å². The summed E-state index contributed by atoms with van der Waals surface area (Å²) in [6, 6.07) is 17.2. The third-order valence-corrected chi connectivity index (χ3v) is 7.67. The number of amides is 3. The lowest BCUT2D eigenvalue weighted by molar-refractivity contribution is -0.131. The molecule has 3 amide bonds. The van der Waals surface area contributed by atoms with Crippen molar-refractivity contribution < 1.29 is 14.4 Å². The molecule has 3 aromatic rings. The normalized spacial score (nSPS) is 13.2. The summed E-state index contributed by atoms with van der Waals surface area (Å²) >= 11 is 18.3. The van der Waals surface area contributed by atoms with Crippen molar-refractivity contribution in [3.63, 3.8) is 0 Å². The van der Waals surface area contributed by atoms with Gasteiger partial charge in [0, 0.05) is 71.9 Å². The number of nitrogens with one attached hydrogen (secondary N) is 3. The lowest BCUT2D eigenvalue weighted by Gasteiger charge is -2.37. The van der Waals surface area contributed by atoms with Crippen molar-refractivity contribution in [3.05, 3.63) is 92.4 Å². The fraction of sp³-hybridized carbons (Fsp3) is 0.300. The maximum atomic E-state index is 13.1. The van der Waals surface area contributed by atoms with Crippen LogP contribution >= 0.6 is 34.8 Å². The van der Waals surface area contributed by atoms with Crippen LogP contribution in [0.25, 0.3) is 0 Å². The third kappa shape index (κ3) is 8.36. The summed E-state index contributed by atoms with van der Waals surface area (Å²) in [5, 5.41) is 10.4. The number of anilines is 2. The molecule has 8 nitrogen and oxygen atoms in total. The summed E-state index contributed by atoms with van der Waals surface area (Å²) in [5.74, 6) is -0.509. The Morgan fingerprint density at radius 1 is 0.805 bits per heavy atom. The first-order valence-corrected chi connectivity index (χ1v) is 14.5. The van der Waals surface area contributed by atoms with Crippen LogP contribution in [0.4, 0.5) is 11.4 Å². The molecule has 1 saturated heterocycles. The molecule has 3 aromatic carbocycles. The SMILES string of the molecule is CNCCC(=O)N1CCN(c2ccc(C(=O)NCCc3ccc(Cl)cc3Cl)cc2NC(=O)c2cccc(Cl)c2)CC1. The Labute approximate surface area is 254 Å². The average Bonchev–Trinajstić information content (AvgIpc) is 2.97. The lowest BCUT2D eigenvalue weighted by atomic mass is 10.1. The summed E-state index contributed by atoms with van der Waals surface area (Å²) in [5.41, 5.74) is 2.95. The molecule has 1 aliphatic heterocycles. The number of hydrogen-bond acceptors (Lipinski definition) is 5. The van der Waals surface area contributed by atoms with E-state index in [2.05, 4.69) is 20.9 Å². The minimum Gasteiger partial charge on any atom is -0.366 e. The molecule has 1 heterocycles. The molecule has 41 heavy (non-hydrogen) atoms. The van der Waals surface area contributed by atoms with E-state index < -0.39 is 0 Å². The molecule has 0 bridgehead atoms. The van der Waals surface area contributed by atoms with Crippen LogP contribution in [-0.2, 0) is 11.2 Å². The van der Waals surface area contributed by atoms with Crippen molar-refractivity contribution >= 4 is 63.9 Å². The first-order valence-electron chi connectivity index (χ1n) is 13.4. The number of halogens is 3. The molecule has 0 radical (unpaired) electrons. The van der Waals surface area contributed by atoms with Gasteiger partial charge < -0.3 is 25.8 Å². The molecule has 0 atom stereocenters. The molecule has 11 heteroatoms. The topological polar surface area (TPSA) is 93.8 Å². The summed E-state index contributed by atoms with van der Waals surface area (Å²) in [6.45, 7) is 3.33. The zero-order valence-electron chi connectivity index (χ0n) is 22.7. The zero-order valence-corrected chi connectivity index (χ0v) is 25.0. The summed E-state index contributed by atoms with van der Waals surface area (Å²) in [4.78, 5) is 42.6. The minimum absolute atomic E-state index is 0.111. The number of piperazine rings is 1. The quantitative estimate of drug-likeness (QED) is 0.294. The zero-order chi connectivity index (χ0) is 29.4. The van der Waals surface area contributed by atoms with Crippen molar-refractivity contribution in [3.8, 4) is 0 Å². The number of carbonyl (C=O) groups excluding carboxylic acids is 3. The maximum absolute atomic E-state index is 13.1. The van der Waals surface area contributed by atoms with Crippen LogP contribution < -0.4 is 20.9 Å². The molecule has 1 aliphatic rings. The van der Waals surface area contributed by atoms with E-state index >= 15 is 0 Å². The highest BCUT2D eigenvalue weighted by Gasteiger charge is 2.24. The number of carbonyl (C=O) groups is 3. The van der Waals surface area contributed by atoms with Gasteiger partial charge in [-0.2, -0.15) is 0 Å². The van der Waals surface area contributed by atoms with E-state index in [1.165, 1.54) is 0 Å². The van der Waals surface area contributed by atoms with Crippen LogP contribution in [0.15, 0.2) is 60.7 Å². The predicted molar refractivity (Wildman–Crippen MR) is 166 cm³/mol. The number of benzene rings is 3. The molecule has 0 unspecified atom stereocenters. The van der Waals surface area contributed by atoms with Crippen molar-refractivity contribution in [2.45, 2.75) is 12.8 Å². The Morgan fingerprint density at radius 3 is 2.24 bits per heavy atom. The molecule has 216 valence electrons. The fourth-order valence-electron chi connectivity index (χ4n) is 4.60. The molecular formula is C30H32Cl3N5O3. The number of nitrogens with zero attached hydrogens (tertiary/aromatic N) is 2. The van der Waals surface area contributed by atoms with Crippen LogP contribution in [0.1, 0.15) is 32.7 Å². The van der Waals surface area contributed by atoms with Crippen molar-refractivity contribution in [1.82, 2.24) is 15.5 Å². The van der Waals surface area contributed by atoms with Crippen molar-refractivity contribution in [2.24, 2.45) is 0 Å². The minimum atomic E-state index is -0.343. The second kappa shape index (κ2) is 14.5. The van der Waals surface area contributed by atoms with Crippen molar-refractivity contribution in [1.29, 1.82) is 0 Å². The van der Waals surface area contributed by atoms with E-state index in [0.29, 0.717) is 84.0 Å². The molecule has 3 N–H and O–H groups in total. The fourth-order valence-corrected chi connectivity index (χ4v) is 5.29. The van der Waals surface area contributed by atoms with Gasteiger partial charge in [-0.3, -0.25) is 14.4 Å². The first kappa shape index (κ1) is 30.7. The lowest BCUT2D eigenvalue weighted by Crippen LogP contribution is -2.49. The first-order chi connectivity index (χ1) is 19.7. The third-order valence-electron chi connectivity index (χ3n) is 6.85. The highest BCUT2D eigenvalue weighted by atomic mass is 35.5. The summed E-state index contributed by atoms with van der Waals surface area (Å²) in [7, 11) is 1.82. The molecular weight excluding hydrogens is 585 g/mol. The molecule has 0 aromatic heterocycles. The summed E-state index contributed by atoms with van der Waals surface area (Å²) in [6.07, 6.45) is 0.987. The van der Waals surface area contributed by atoms with E-state index in [1.807, 2.05) is 24.1 Å². The van der Waals surface area contributed by atoms with Crippen LogP contribution in [0.3, 0.4) is 0 Å². The molecule has 4 rings (SSSR count). The van der Waals surface area contributed by atoms with E-state index in [-0.39, 0.29) is 17.7 Å². The smallest absolute Gasteiger partial charge is 0.255 e. The van der Waals surface area contributed by atoms with Crippen LogP contribution in [-0.4, -0.2) is 68.9 Å². The van der Waals surface area contributed by atoms with E-state index in [4.69, 9.17) is 34.8 Å². The maximum Gasteiger partial charge on any atom is 0.255 e. The van der Waals surface area contributed by atoms with Gasteiger partial charge in [0.15, 0.2) is 0 Å². The van der Waals surface area contributed by atoms with Crippen LogP contribution in [0.5, 0.6) is 0 Å². The molecule has 0 saturated carbocycles. The Balaban J connectivity index is 1.49. The Kier molecular flexibility index (Phi) is 10.9. The second-order valence-corrected chi connectivity index (χ2v) is 10.9. The van der Waals surface area contributed by atoms with Crippen LogP contribution in [0, 0.1) is 0 Å². The van der Waals surface area contributed by atoms with E-state index in [9.17, 15) is 14.4 Å². The summed E-state index contributed by atoms with van der Waals surface area (Å²) < 4.78 is 0. The number of rotatable bonds is 10. The van der Waals surface area contributed by atoms with Gasteiger partial charge >= 0.3 is 0 Å². The van der Waals surface area contributed by atoms with E-state index in [1.54, 1.807) is 48.5 Å². The van der Waals surface area contributed by atoms with Gasteiger partial charge in [0.1, 0.15) is 0 Å². The monoisotopic (exact) mass is 615 g/mol.